The van der Waals surface area contributed by atoms with E-state index in [1.165, 1.54) is 0 Å². The molecule has 3 heteroatoms. The number of carbonyl (C=O) groups excluding carboxylic acids is 1. The summed E-state index contributed by atoms with van der Waals surface area (Å²) in [6.07, 6.45) is 0.791. The Morgan fingerprint density at radius 2 is 2.20 bits per heavy atom. The number of benzene rings is 1. The number of anilines is 1. The molecule has 1 heterocycles. The maximum Gasteiger partial charge on any atom is 0.234 e. The van der Waals surface area contributed by atoms with Crippen molar-refractivity contribution in [3.8, 4) is 5.75 Å². The van der Waals surface area contributed by atoms with Crippen molar-refractivity contribution in [2.24, 2.45) is 0 Å². The van der Waals surface area contributed by atoms with Crippen LogP contribution in [0.5, 0.6) is 5.75 Å². The van der Waals surface area contributed by atoms with Gasteiger partial charge >= 0.3 is 0 Å². The zero-order valence-corrected chi connectivity index (χ0v) is 9.26. The van der Waals surface area contributed by atoms with E-state index in [0.29, 0.717) is 0 Å². The Hall–Kier alpha value is -1.51. The number of fused-ring (bicyclic) bond motifs is 1. The Morgan fingerprint density at radius 3 is 2.80 bits per heavy atom. The molecule has 1 unspecified atom stereocenters. The number of hydrogen-bond acceptors (Lipinski definition) is 2. The fourth-order valence-electron chi connectivity index (χ4n) is 1.95. The highest BCUT2D eigenvalue weighted by atomic mass is 16.5. The van der Waals surface area contributed by atoms with Crippen LogP contribution in [0.25, 0.3) is 0 Å². The average Bonchev–Trinajstić information content (AvgIpc) is 2.52. The average molecular weight is 205 g/mol. The van der Waals surface area contributed by atoms with Gasteiger partial charge in [-0.1, -0.05) is 6.92 Å². The second-order valence-corrected chi connectivity index (χ2v) is 4.05. The van der Waals surface area contributed by atoms with Crippen molar-refractivity contribution in [1.82, 2.24) is 0 Å². The molecule has 0 saturated carbocycles. The molecule has 2 rings (SSSR count). The zero-order chi connectivity index (χ0) is 11.1. The molecule has 0 bridgehead atoms. The van der Waals surface area contributed by atoms with Crippen LogP contribution in [-0.2, 0) is 10.2 Å². The molecule has 1 atom stereocenters. The minimum Gasteiger partial charge on any atom is -0.497 e. The molecule has 0 radical (unpaired) electrons. The second-order valence-electron chi connectivity index (χ2n) is 4.05. The van der Waals surface area contributed by atoms with Crippen LogP contribution in [0.4, 0.5) is 5.69 Å². The van der Waals surface area contributed by atoms with Crippen LogP contribution < -0.4 is 10.1 Å². The standard InChI is InChI=1S/C12H15NO2/c1-4-12(2)9-7-8(15-3)5-6-10(9)13-11(12)14/h5-7H,4H2,1-3H3,(H,13,14). The maximum atomic E-state index is 11.8. The van der Waals surface area contributed by atoms with Gasteiger partial charge in [-0.05, 0) is 37.1 Å². The van der Waals surface area contributed by atoms with Crippen molar-refractivity contribution < 1.29 is 9.53 Å². The lowest BCUT2D eigenvalue weighted by molar-refractivity contribution is -0.120. The monoisotopic (exact) mass is 205 g/mol. The molecule has 0 saturated heterocycles. The third kappa shape index (κ3) is 1.30. The number of hydrogen-bond donors (Lipinski definition) is 1. The molecule has 1 aliphatic rings. The smallest absolute Gasteiger partial charge is 0.234 e. The van der Waals surface area contributed by atoms with Gasteiger partial charge in [-0.2, -0.15) is 0 Å². The third-order valence-electron chi connectivity index (χ3n) is 3.28. The van der Waals surface area contributed by atoms with Gasteiger partial charge in [0.05, 0.1) is 12.5 Å². The minimum atomic E-state index is -0.413. The summed E-state index contributed by atoms with van der Waals surface area (Å²) in [5.41, 5.74) is 1.53. The van der Waals surface area contributed by atoms with E-state index in [4.69, 9.17) is 4.74 Å². The highest BCUT2D eigenvalue weighted by Gasteiger charge is 2.41. The maximum absolute atomic E-state index is 11.8. The van der Waals surface area contributed by atoms with Crippen molar-refractivity contribution >= 4 is 11.6 Å². The number of rotatable bonds is 2. The molecule has 80 valence electrons. The molecule has 15 heavy (non-hydrogen) atoms. The van der Waals surface area contributed by atoms with Crippen molar-refractivity contribution in [2.45, 2.75) is 25.7 Å². The number of nitrogens with one attached hydrogen (secondary N) is 1. The summed E-state index contributed by atoms with van der Waals surface area (Å²) < 4.78 is 5.17. The van der Waals surface area contributed by atoms with Crippen LogP contribution in [0.2, 0.25) is 0 Å². The van der Waals surface area contributed by atoms with Gasteiger partial charge in [-0.3, -0.25) is 4.79 Å². The predicted molar refractivity (Wildman–Crippen MR) is 59.3 cm³/mol. The lowest BCUT2D eigenvalue weighted by atomic mass is 9.81. The van der Waals surface area contributed by atoms with E-state index in [1.54, 1.807) is 7.11 Å². The Balaban J connectivity index is 2.56. The molecule has 1 aliphatic heterocycles. The molecule has 1 N–H and O–H groups in total. The highest BCUT2D eigenvalue weighted by Crippen LogP contribution is 2.41. The molecule has 0 aliphatic carbocycles. The van der Waals surface area contributed by atoms with Gasteiger partial charge in [0, 0.05) is 5.69 Å². The zero-order valence-electron chi connectivity index (χ0n) is 9.26. The normalized spacial score (nSPS) is 23.5. The first-order chi connectivity index (χ1) is 7.11. The first-order valence-corrected chi connectivity index (χ1v) is 5.12. The molecule has 1 aromatic rings. The van der Waals surface area contributed by atoms with Gasteiger partial charge in [0.2, 0.25) is 5.91 Å². The predicted octanol–water partition coefficient (Wildman–Crippen LogP) is 2.32. The molecule has 1 aromatic carbocycles. The summed E-state index contributed by atoms with van der Waals surface area (Å²) in [6, 6.07) is 5.70. The van der Waals surface area contributed by atoms with E-state index in [2.05, 4.69) is 5.32 Å². The van der Waals surface area contributed by atoms with E-state index >= 15 is 0 Å². The van der Waals surface area contributed by atoms with Crippen LogP contribution in [0.15, 0.2) is 18.2 Å². The number of ether oxygens (including phenoxy) is 1. The molecule has 0 spiro atoms. The third-order valence-corrected chi connectivity index (χ3v) is 3.28. The summed E-state index contributed by atoms with van der Waals surface area (Å²) in [7, 11) is 1.63. The first-order valence-electron chi connectivity index (χ1n) is 5.12. The fourth-order valence-corrected chi connectivity index (χ4v) is 1.95. The van der Waals surface area contributed by atoms with E-state index in [9.17, 15) is 4.79 Å². The summed E-state index contributed by atoms with van der Waals surface area (Å²) in [5, 5.41) is 2.90. The van der Waals surface area contributed by atoms with E-state index in [-0.39, 0.29) is 5.91 Å². The van der Waals surface area contributed by atoms with Crippen LogP contribution >= 0.6 is 0 Å². The van der Waals surface area contributed by atoms with Crippen molar-refractivity contribution in [2.75, 3.05) is 12.4 Å². The van der Waals surface area contributed by atoms with Crippen LogP contribution in [-0.4, -0.2) is 13.0 Å². The SMILES string of the molecule is CCC1(C)C(=O)Nc2ccc(OC)cc21. The fraction of sp³-hybridized carbons (Fsp3) is 0.417. The van der Waals surface area contributed by atoms with Crippen molar-refractivity contribution in [3.63, 3.8) is 0 Å². The molecule has 0 aromatic heterocycles. The highest BCUT2D eigenvalue weighted by molar-refractivity contribution is 6.06. The number of amides is 1. The summed E-state index contributed by atoms with van der Waals surface area (Å²) in [6.45, 7) is 3.99. The quantitative estimate of drug-likeness (QED) is 0.804. The molecule has 3 nitrogen and oxygen atoms in total. The Labute approximate surface area is 89.4 Å². The van der Waals surface area contributed by atoms with Gasteiger partial charge in [0.25, 0.3) is 0 Å². The summed E-state index contributed by atoms with van der Waals surface area (Å²) >= 11 is 0. The number of methoxy groups -OCH3 is 1. The van der Waals surface area contributed by atoms with Gasteiger partial charge in [-0.15, -0.1) is 0 Å². The van der Waals surface area contributed by atoms with Gasteiger partial charge in [0.1, 0.15) is 5.75 Å². The Bertz CT molecular complexity index is 414. The van der Waals surface area contributed by atoms with E-state index in [1.807, 2.05) is 32.0 Å². The van der Waals surface area contributed by atoms with Crippen LogP contribution in [0, 0.1) is 0 Å². The molecule has 0 fully saturated rings. The topological polar surface area (TPSA) is 38.3 Å². The first kappa shape index (κ1) is 10.0. The Kier molecular flexibility index (Phi) is 2.18. The van der Waals surface area contributed by atoms with E-state index in [0.717, 1.165) is 23.4 Å². The number of carbonyl (C=O) groups is 1. The molecular formula is C12H15NO2. The lowest BCUT2D eigenvalue weighted by Crippen LogP contribution is -2.29. The largest absolute Gasteiger partial charge is 0.497 e. The van der Waals surface area contributed by atoms with Gasteiger partial charge in [-0.25, -0.2) is 0 Å². The Morgan fingerprint density at radius 1 is 1.47 bits per heavy atom. The van der Waals surface area contributed by atoms with Gasteiger partial charge < -0.3 is 10.1 Å². The van der Waals surface area contributed by atoms with Crippen molar-refractivity contribution in [1.29, 1.82) is 0 Å². The van der Waals surface area contributed by atoms with E-state index < -0.39 is 5.41 Å². The second kappa shape index (κ2) is 3.26. The molecule has 1 amide bonds. The van der Waals surface area contributed by atoms with Gasteiger partial charge in [0.15, 0.2) is 0 Å². The van der Waals surface area contributed by atoms with Crippen molar-refractivity contribution in [3.05, 3.63) is 23.8 Å². The summed E-state index contributed by atoms with van der Waals surface area (Å²) in [5.74, 6) is 0.873. The minimum absolute atomic E-state index is 0.0771. The van der Waals surface area contributed by atoms with Crippen LogP contribution in [0.3, 0.4) is 0 Å². The summed E-state index contributed by atoms with van der Waals surface area (Å²) in [4.78, 5) is 11.8. The lowest BCUT2D eigenvalue weighted by Gasteiger charge is -2.19. The molecular weight excluding hydrogens is 190 g/mol. The van der Waals surface area contributed by atoms with Crippen LogP contribution in [0.1, 0.15) is 25.8 Å².